The van der Waals surface area contributed by atoms with Crippen molar-refractivity contribution in [1.29, 1.82) is 0 Å². The second-order valence-electron chi connectivity index (χ2n) is 6.09. The molecular weight excluding hydrogens is 332 g/mol. The van der Waals surface area contributed by atoms with Crippen molar-refractivity contribution in [1.82, 2.24) is 5.16 Å². The number of anilines is 1. The molecule has 0 fully saturated rings. The van der Waals surface area contributed by atoms with Crippen molar-refractivity contribution >= 4 is 11.6 Å². The fourth-order valence-electron chi connectivity index (χ4n) is 2.53. The summed E-state index contributed by atoms with van der Waals surface area (Å²) in [6.07, 6.45) is 0. The van der Waals surface area contributed by atoms with Gasteiger partial charge in [-0.1, -0.05) is 17.3 Å². The Balaban J connectivity index is 1.71. The molecule has 0 atom stereocenters. The molecule has 6 heteroatoms. The first-order chi connectivity index (χ1) is 12.4. The van der Waals surface area contributed by atoms with Gasteiger partial charge in [-0.15, -0.1) is 0 Å². The fourth-order valence-corrected chi connectivity index (χ4v) is 2.53. The zero-order valence-corrected chi connectivity index (χ0v) is 14.9. The first kappa shape index (κ1) is 17.5. The van der Waals surface area contributed by atoms with E-state index in [9.17, 15) is 9.90 Å². The summed E-state index contributed by atoms with van der Waals surface area (Å²) in [4.78, 5) is 12.4. The first-order valence-electron chi connectivity index (χ1n) is 8.19. The quantitative estimate of drug-likeness (QED) is 0.674. The van der Waals surface area contributed by atoms with Crippen molar-refractivity contribution in [3.63, 3.8) is 0 Å². The van der Waals surface area contributed by atoms with Crippen LogP contribution in [0.4, 0.5) is 5.69 Å². The van der Waals surface area contributed by atoms with E-state index in [2.05, 4.69) is 10.5 Å². The Morgan fingerprint density at radius 2 is 2.00 bits per heavy atom. The van der Waals surface area contributed by atoms with Gasteiger partial charge in [-0.25, -0.2) is 0 Å². The number of phenols is 1. The van der Waals surface area contributed by atoms with Crippen LogP contribution in [0.25, 0.3) is 0 Å². The Labute approximate surface area is 151 Å². The van der Waals surface area contributed by atoms with Crippen LogP contribution >= 0.6 is 0 Å². The average Bonchev–Trinajstić information content (AvgIpc) is 2.94. The molecule has 3 rings (SSSR count). The first-order valence-corrected chi connectivity index (χ1v) is 8.19. The van der Waals surface area contributed by atoms with E-state index in [-0.39, 0.29) is 11.7 Å². The minimum absolute atomic E-state index is 0.0316. The fraction of sp³-hybridized carbons (Fsp3) is 0.200. The Morgan fingerprint density at radius 1 is 1.19 bits per heavy atom. The zero-order chi connectivity index (χ0) is 18.7. The summed E-state index contributed by atoms with van der Waals surface area (Å²) in [5.41, 5.74) is 3.38. The number of aryl methyl sites for hydroxylation is 3. The van der Waals surface area contributed by atoms with E-state index in [4.69, 9.17) is 9.26 Å². The number of carbonyl (C=O) groups is 1. The number of hydrogen-bond acceptors (Lipinski definition) is 5. The van der Waals surface area contributed by atoms with Crippen LogP contribution < -0.4 is 10.1 Å². The molecule has 2 aromatic carbocycles. The molecule has 3 aromatic rings. The van der Waals surface area contributed by atoms with Crippen molar-refractivity contribution < 1.29 is 19.2 Å². The van der Waals surface area contributed by atoms with Gasteiger partial charge in [-0.2, -0.15) is 0 Å². The highest BCUT2D eigenvalue weighted by atomic mass is 16.5. The van der Waals surface area contributed by atoms with Gasteiger partial charge in [-0.3, -0.25) is 4.79 Å². The highest BCUT2D eigenvalue weighted by molar-refractivity contribution is 6.05. The van der Waals surface area contributed by atoms with Gasteiger partial charge in [0.15, 0.2) is 0 Å². The van der Waals surface area contributed by atoms with Crippen LogP contribution in [-0.4, -0.2) is 16.2 Å². The van der Waals surface area contributed by atoms with Crippen molar-refractivity contribution in [3.05, 3.63) is 70.6 Å². The number of aromatic nitrogens is 1. The van der Waals surface area contributed by atoms with Crippen LogP contribution in [0.15, 0.2) is 47.0 Å². The van der Waals surface area contributed by atoms with Gasteiger partial charge in [-0.05, 0) is 56.7 Å². The van der Waals surface area contributed by atoms with Crippen LogP contribution in [0.2, 0.25) is 0 Å². The number of ether oxygens (including phenoxy) is 1. The maximum Gasteiger partial charge on any atom is 0.255 e. The van der Waals surface area contributed by atoms with E-state index in [0.29, 0.717) is 29.4 Å². The smallest absolute Gasteiger partial charge is 0.255 e. The Kier molecular flexibility index (Phi) is 4.93. The molecule has 2 N–H and O–H groups in total. The van der Waals surface area contributed by atoms with Crippen molar-refractivity contribution in [2.24, 2.45) is 0 Å². The number of nitrogens with zero attached hydrogens (tertiary/aromatic N) is 1. The third-order valence-corrected chi connectivity index (χ3v) is 4.06. The summed E-state index contributed by atoms with van der Waals surface area (Å²) in [5, 5.41) is 16.5. The molecule has 0 spiro atoms. The number of benzene rings is 2. The lowest BCUT2D eigenvalue weighted by Gasteiger charge is -2.10. The monoisotopic (exact) mass is 352 g/mol. The number of nitrogens with one attached hydrogen (secondary N) is 1. The number of aromatic hydroxyl groups is 1. The molecule has 0 saturated carbocycles. The predicted molar refractivity (Wildman–Crippen MR) is 97.5 cm³/mol. The summed E-state index contributed by atoms with van der Waals surface area (Å²) in [5.74, 6) is 0.980. The molecule has 0 aliphatic rings. The second-order valence-corrected chi connectivity index (χ2v) is 6.09. The van der Waals surface area contributed by atoms with Gasteiger partial charge in [0.2, 0.25) is 0 Å². The molecule has 6 nitrogen and oxygen atoms in total. The Bertz CT molecular complexity index is 927. The summed E-state index contributed by atoms with van der Waals surface area (Å²) >= 11 is 0. The Hall–Kier alpha value is -3.28. The Morgan fingerprint density at radius 3 is 2.69 bits per heavy atom. The predicted octanol–water partition coefficient (Wildman–Crippen LogP) is 4.14. The molecule has 134 valence electrons. The highest BCUT2D eigenvalue weighted by Crippen LogP contribution is 2.25. The van der Waals surface area contributed by atoms with Crippen LogP contribution in [0.3, 0.4) is 0 Å². The highest BCUT2D eigenvalue weighted by Gasteiger charge is 2.12. The van der Waals surface area contributed by atoms with Crippen LogP contribution in [0, 0.1) is 20.8 Å². The molecule has 26 heavy (non-hydrogen) atoms. The number of amides is 1. The topological polar surface area (TPSA) is 84.6 Å². The SMILES string of the molecule is Cc1ccc(NC(=O)c2cccc(OCc3c(C)noc3C)c2)c(O)c1. The van der Waals surface area contributed by atoms with Gasteiger partial charge in [0.05, 0.1) is 16.9 Å². The lowest BCUT2D eigenvalue weighted by molar-refractivity contribution is 0.102. The second kappa shape index (κ2) is 7.31. The molecule has 0 radical (unpaired) electrons. The van der Waals surface area contributed by atoms with Crippen molar-refractivity contribution in [2.75, 3.05) is 5.32 Å². The molecule has 0 bridgehead atoms. The molecule has 1 aromatic heterocycles. The zero-order valence-electron chi connectivity index (χ0n) is 14.9. The maximum absolute atomic E-state index is 12.4. The van der Waals surface area contributed by atoms with E-state index >= 15 is 0 Å². The van der Waals surface area contributed by atoms with Crippen molar-refractivity contribution in [2.45, 2.75) is 27.4 Å². The molecule has 0 saturated heterocycles. The van der Waals surface area contributed by atoms with E-state index in [1.165, 1.54) is 0 Å². The maximum atomic E-state index is 12.4. The van der Waals surface area contributed by atoms with Crippen molar-refractivity contribution in [3.8, 4) is 11.5 Å². The minimum atomic E-state index is -0.327. The van der Waals surface area contributed by atoms with Gasteiger partial charge in [0.1, 0.15) is 23.9 Å². The standard InChI is InChI=1S/C20H20N2O4/c1-12-7-8-18(19(23)9-12)21-20(24)15-5-4-6-16(10-15)25-11-17-13(2)22-26-14(17)3/h4-10,23H,11H2,1-3H3,(H,21,24). The number of rotatable bonds is 5. The third-order valence-electron chi connectivity index (χ3n) is 4.06. The lowest BCUT2D eigenvalue weighted by Crippen LogP contribution is -2.12. The largest absolute Gasteiger partial charge is 0.506 e. The van der Waals surface area contributed by atoms with Crippen LogP contribution in [0.1, 0.15) is 32.9 Å². The third kappa shape index (κ3) is 3.85. The number of carbonyl (C=O) groups excluding carboxylic acids is 1. The van der Waals surface area contributed by atoms with E-state index in [0.717, 1.165) is 16.8 Å². The number of hydrogen-bond donors (Lipinski definition) is 2. The summed E-state index contributed by atoms with van der Waals surface area (Å²) < 4.78 is 10.9. The average molecular weight is 352 g/mol. The van der Waals surface area contributed by atoms with Crippen LogP contribution in [0.5, 0.6) is 11.5 Å². The molecular formula is C20H20N2O4. The molecule has 1 amide bonds. The van der Waals surface area contributed by atoms with Crippen LogP contribution in [-0.2, 0) is 6.61 Å². The summed E-state index contributed by atoms with van der Waals surface area (Å²) in [6.45, 7) is 5.86. The van der Waals surface area contributed by atoms with Gasteiger partial charge in [0.25, 0.3) is 5.91 Å². The van der Waals surface area contributed by atoms with Gasteiger partial charge < -0.3 is 19.7 Å². The molecule has 0 unspecified atom stereocenters. The summed E-state index contributed by atoms with van der Waals surface area (Å²) in [7, 11) is 0. The van der Waals surface area contributed by atoms with E-state index in [1.54, 1.807) is 36.4 Å². The van der Waals surface area contributed by atoms with E-state index < -0.39 is 0 Å². The summed E-state index contributed by atoms with van der Waals surface area (Å²) in [6, 6.07) is 11.9. The van der Waals surface area contributed by atoms with E-state index in [1.807, 2.05) is 26.8 Å². The molecule has 1 heterocycles. The minimum Gasteiger partial charge on any atom is -0.506 e. The van der Waals surface area contributed by atoms with Gasteiger partial charge >= 0.3 is 0 Å². The van der Waals surface area contributed by atoms with Gasteiger partial charge in [0, 0.05) is 5.56 Å². The molecule has 0 aliphatic heterocycles. The molecule has 0 aliphatic carbocycles. The lowest BCUT2D eigenvalue weighted by atomic mass is 10.1. The number of phenolic OH excluding ortho intramolecular Hbond substituents is 1. The normalized spacial score (nSPS) is 10.6.